The highest BCUT2D eigenvalue weighted by Crippen LogP contribution is 2.23. The molecular weight excluding hydrogens is 190 g/mol. The number of nitrogens with zero attached hydrogens (tertiary/aromatic N) is 2. The Kier molecular flexibility index (Phi) is 2.87. The summed E-state index contributed by atoms with van der Waals surface area (Å²) in [7, 11) is 0. The van der Waals surface area contributed by atoms with Crippen LogP contribution in [0.3, 0.4) is 0 Å². The Morgan fingerprint density at radius 3 is 3.13 bits per heavy atom. The molecule has 0 saturated heterocycles. The molecule has 0 fully saturated rings. The molecule has 2 aromatic heterocycles. The zero-order valence-electron chi connectivity index (χ0n) is 8.81. The van der Waals surface area contributed by atoms with Crippen LogP contribution < -0.4 is 5.73 Å². The monoisotopic (exact) mass is 205 g/mol. The predicted molar refractivity (Wildman–Crippen MR) is 58.1 cm³/mol. The Morgan fingerprint density at radius 2 is 2.40 bits per heavy atom. The Hall–Kier alpha value is -1.55. The summed E-state index contributed by atoms with van der Waals surface area (Å²) in [6.45, 7) is 3.51. The number of aryl methyl sites for hydroxylation is 1. The third-order valence-corrected chi connectivity index (χ3v) is 2.35. The normalized spacial score (nSPS) is 10.8. The van der Waals surface area contributed by atoms with E-state index in [9.17, 15) is 0 Å². The van der Waals surface area contributed by atoms with E-state index in [1.807, 2.05) is 12.3 Å². The van der Waals surface area contributed by atoms with E-state index in [1.165, 1.54) is 0 Å². The van der Waals surface area contributed by atoms with Crippen LogP contribution in [0.5, 0.6) is 0 Å². The summed E-state index contributed by atoms with van der Waals surface area (Å²) in [5, 5.41) is 0. The average Bonchev–Trinajstić information content (AvgIpc) is 2.84. The first-order valence-corrected chi connectivity index (χ1v) is 5.14. The van der Waals surface area contributed by atoms with Crippen LogP contribution in [0, 0.1) is 0 Å². The van der Waals surface area contributed by atoms with Gasteiger partial charge < -0.3 is 14.7 Å². The van der Waals surface area contributed by atoms with E-state index in [0.29, 0.717) is 6.54 Å². The maximum absolute atomic E-state index is 5.59. The largest absolute Gasteiger partial charge is 0.467 e. The van der Waals surface area contributed by atoms with Gasteiger partial charge in [0.25, 0.3) is 0 Å². The lowest BCUT2D eigenvalue weighted by molar-refractivity contribution is 0.512. The maximum atomic E-state index is 5.59. The quantitative estimate of drug-likeness (QED) is 0.830. The number of hydrogen-bond donors (Lipinski definition) is 1. The molecule has 0 bridgehead atoms. The van der Waals surface area contributed by atoms with Crippen LogP contribution in [0.1, 0.15) is 19.1 Å². The average molecular weight is 205 g/mol. The number of nitrogens with two attached hydrogens (primary N) is 1. The van der Waals surface area contributed by atoms with Crippen molar-refractivity contribution in [3.63, 3.8) is 0 Å². The molecule has 0 unspecified atom stereocenters. The van der Waals surface area contributed by atoms with Crippen molar-refractivity contribution < 1.29 is 4.42 Å². The molecule has 2 heterocycles. The molecule has 0 spiro atoms. The maximum Gasteiger partial charge on any atom is 0.143 e. The van der Waals surface area contributed by atoms with Gasteiger partial charge >= 0.3 is 0 Å². The third kappa shape index (κ3) is 1.80. The smallest absolute Gasteiger partial charge is 0.143 e. The number of aromatic nitrogens is 2. The van der Waals surface area contributed by atoms with E-state index < -0.39 is 0 Å². The highest BCUT2D eigenvalue weighted by atomic mass is 16.3. The van der Waals surface area contributed by atoms with Crippen LogP contribution in [0.4, 0.5) is 0 Å². The van der Waals surface area contributed by atoms with E-state index in [2.05, 4.69) is 16.5 Å². The molecule has 2 rings (SSSR count). The van der Waals surface area contributed by atoms with Crippen LogP contribution in [0.2, 0.25) is 0 Å². The minimum absolute atomic E-state index is 0.404. The second-order valence-corrected chi connectivity index (χ2v) is 3.41. The van der Waals surface area contributed by atoms with Crippen LogP contribution in [0.15, 0.2) is 29.1 Å². The first-order chi connectivity index (χ1) is 7.36. The molecule has 0 aromatic carbocycles. The number of furan rings is 1. The lowest BCUT2D eigenvalue weighted by atomic mass is 10.2. The molecule has 0 saturated carbocycles. The van der Waals surface area contributed by atoms with Crippen molar-refractivity contribution in [2.75, 3.05) is 0 Å². The van der Waals surface area contributed by atoms with Crippen molar-refractivity contribution in [2.24, 2.45) is 5.73 Å². The van der Waals surface area contributed by atoms with Crippen LogP contribution >= 0.6 is 0 Å². The summed E-state index contributed by atoms with van der Waals surface area (Å²) in [6, 6.07) is 1.91. The summed E-state index contributed by atoms with van der Waals surface area (Å²) in [6.07, 6.45) is 6.52. The van der Waals surface area contributed by atoms with Gasteiger partial charge in [0.05, 0.1) is 18.4 Å². The van der Waals surface area contributed by atoms with Crippen molar-refractivity contribution in [3.05, 3.63) is 30.5 Å². The molecule has 4 nitrogen and oxygen atoms in total. The fourth-order valence-electron chi connectivity index (χ4n) is 1.67. The first-order valence-electron chi connectivity index (χ1n) is 5.14. The van der Waals surface area contributed by atoms with Crippen molar-refractivity contribution in [1.29, 1.82) is 0 Å². The Labute approximate surface area is 88.7 Å². The molecule has 2 N–H and O–H groups in total. The highest BCUT2D eigenvalue weighted by Gasteiger charge is 2.11. The van der Waals surface area contributed by atoms with E-state index in [-0.39, 0.29) is 0 Å². The molecule has 0 aliphatic carbocycles. The van der Waals surface area contributed by atoms with Gasteiger partial charge in [0, 0.05) is 18.9 Å². The van der Waals surface area contributed by atoms with Crippen molar-refractivity contribution in [1.82, 2.24) is 9.55 Å². The van der Waals surface area contributed by atoms with Gasteiger partial charge in [0.1, 0.15) is 11.6 Å². The number of hydrogen-bond acceptors (Lipinski definition) is 3. The van der Waals surface area contributed by atoms with Crippen LogP contribution in [-0.2, 0) is 13.1 Å². The fourth-order valence-corrected chi connectivity index (χ4v) is 1.67. The van der Waals surface area contributed by atoms with Crippen molar-refractivity contribution in [2.45, 2.75) is 26.4 Å². The van der Waals surface area contributed by atoms with Gasteiger partial charge in [0.15, 0.2) is 0 Å². The second-order valence-electron chi connectivity index (χ2n) is 3.41. The van der Waals surface area contributed by atoms with Gasteiger partial charge in [-0.25, -0.2) is 4.98 Å². The first kappa shape index (κ1) is 9.98. The molecule has 0 atom stereocenters. The predicted octanol–water partition coefficient (Wildman–Crippen LogP) is 2.01. The summed E-state index contributed by atoms with van der Waals surface area (Å²) in [5.41, 5.74) is 6.59. The van der Waals surface area contributed by atoms with Gasteiger partial charge in [-0.2, -0.15) is 0 Å². The van der Waals surface area contributed by atoms with Crippen LogP contribution in [0.25, 0.3) is 11.4 Å². The topological polar surface area (TPSA) is 57.0 Å². The number of rotatable bonds is 4. The molecular formula is C11H15N3O. The summed E-state index contributed by atoms with van der Waals surface area (Å²) < 4.78 is 7.41. The minimum atomic E-state index is 0.404. The standard InChI is InChI=1S/C11H15N3O/c1-2-5-14-6-4-13-11(14)9-3-7-15-10(9)8-12/h3-4,6-7H,2,5,8,12H2,1H3. The van der Waals surface area contributed by atoms with Gasteiger partial charge in [-0.15, -0.1) is 0 Å². The van der Waals surface area contributed by atoms with Gasteiger partial charge in [0.2, 0.25) is 0 Å². The van der Waals surface area contributed by atoms with Crippen molar-refractivity contribution in [3.8, 4) is 11.4 Å². The summed E-state index contributed by atoms with van der Waals surface area (Å²) >= 11 is 0. The molecule has 2 aromatic rings. The molecule has 0 aliphatic heterocycles. The van der Waals surface area contributed by atoms with E-state index in [1.54, 1.807) is 12.5 Å². The highest BCUT2D eigenvalue weighted by molar-refractivity contribution is 5.57. The van der Waals surface area contributed by atoms with Crippen LogP contribution in [-0.4, -0.2) is 9.55 Å². The zero-order chi connectivity index (χ0) is 10.7. The summed E-state index contributed by atoms with van der Waals surface area (Å²) in [5.74, 6) is 1.73. The molecule has 4 heteroatoms. The molecule has 80 valence electrons. The molecule has 0 aliphatic rings. The Balaban J connectivity index is 2.40. The Bertz CT molecular complexity index is 430. The lowest BCUT2D eigenvalue weighted by Crippen LogP contribution is -2.01. The van der Waals surface area contributed by atoms with Crippen molar-refractivity contribution >= 4 is 0 Å². The zero-order valence-corrected chi connectivity index (χ0v) is 8.81. The molecule has 0 radical (unpaired) electrons. The van der Waals surface area contributed by atoms with Gasteiger partial charge in [-0.3, -0.25) is 0 Å². The van der Waals surface area contributed by atoms with Gasteiger partial charge in [-0.05, 0) is 12.5 Å². The number of imidazole rings is 1. The van der Waals surface area contributed by atoms with E-state index >= 15 is 0 Å². The SMILES string of the molecule is CCCn1ccnc1-c1ccoc1CN. The molecule has 0 amide bonds. The van der Waals surface area contributed by atoms with E-state index in [0.717, 1.165) is 30.1 Å². The minimum Gasteiger partial charge on any atom is -0.467 e. The Morgan fingerprint density at radius 1 is 1.53 bits per heavy atom. The van der Waals surface area contributed by atoms with E-state index in [4.69, 9.17) is 10.2 Å². The molecule has 15 heavy (non-hydrogen) atoms. The second kappa shape index (κ2) is 4.31. The van der Waals surface area contributed by atoms with Gasteiger partial charge in [-0.1, -0.05) is 6.92 Å². The lowest BCUT2D eigenvalue weighted by Gasteiger charge is -2.05. The fraction of sp³-hybridized carbons (Fsp3) is 0.364. The third-order valence-electron chi connectivity index (χ3n) is 2.35. The summed E-state index contributed by atoms with van der Waals surface area (Å²) in [4.78, 5) is 4.33.